The Labute approximate surface area is 165 Å². The van der Waals surface area contributed by atoms with E-state index in [9.17, 15) is 9.59 Å². The second-order valence-electron chi connectivity index (χ2n) is 7.29. The molecule has 2 amide bonds. The molecule has 0 saturated heterocycles. The van der Waals surface area contributed by atoms with Crippen molar-refractivity contribution in [3.8, 4) is 5.75 Å². The Morgan fingerprint density at radius 2 is 1.74 bits per heavy atom. The fraction of sp³-hybridized carbons (Fsp3) is 0.333. The molecule has 0 spiro atoms. The molecule has 0 saturated carbocycles. The summed E-state index contributed by atoms with van der Waals surface area (Å²) in [6, 6.07) is 12.6. The first kappa shape index (κ1) is 20.8. The summed E-state index contributed by atoms with van der Waals surface area (Å²) >= 11 is 5.99. The van der Waals surface area contributed by atoms with Gasteiger partial charge in [0.25, 0.3) is 0 Å². The molecule has 27 heavy (non-hydrogen) atoms. The summed E-state index contributed by atoms with van der Waals surface area (Å²) in [5.41, 5.74) is 2.30. The van der Waals surface area contributed by atoms with Gasteiger partial charge in [0.2, 0.25) is 11.8 Å². The van der Waals surface area contributed by atoms with Crippen LogP contribution in [0.25, 0.3) is 0 Å². The Hall–Kier alpha value is -2.53. The molecule has 2 aromatic carbocycles. The van der Waals surface area contributed by atoms with Crippen LogP contribution in [0.15, 0.2) is 42.5 Å². The molecule has 0 aliphatic rings. The van der Waals surface area contributed by atoms with E-state index in [1.807, 2.05) is 24.3 Å². The highest BCUT2D eigenvalue weighted by atomic mass is 35.5. The molecular formula is C21H25ClN2O3. The summed E-state index contributed by atoms with van der Waals surface area (Å²) in [4.78, 5) is 26.0. The summed E-state index contributed by atoms with van der Waals surface area (Å²) in [5.74, 6) is -0.0611. The Kier molecular flexibility index (Phi) is 6.50. The van der Waals surface area contributed by atoms with Gasteiger partial charge in [0, 0.05) is 17.6 Å². The van der Waals surface area contributed by atoms with Crippen molar-refractivity contribution in [1.82, 2.24) is 0 Å². The van der Waals surface area contributed by atoms with Crippen LogP contribution in [0.3, 0.4) is 0 Å². The zero-order chi connectivity index (χ0) is 20.2. The third-order valence-corrected chi connectivity index (χ3v) is 4.40. The van der Waals surface area contributed by atoms with Gasteiger partial charge in [-0.15, -0.1) is 0 Å². The van der Waals surface area contributed by atoms with Crippen LogP contribution in [-0.2, 0) is 15.0 Å². The van der Waals surface area contributed by atoms with Gasteiger partial charge in [-0.3, -0.25) is 9.59 Å². The number of rotatable bonds is 5. The maximum Gasteiger partial charge on any atom is 0.244 e. The van der Waals surface area contributed by atoms with Gasteiger partial charge < -0.3 is 15.0 Å². The van der Waals surface area contributed by atoms with Crippen molar-refractivity contribution < 1.29 is 14.3 Å². The summed E-state index contributed by atoms with van der Waals surface area (Å²) in [6.45, 7) is 7.69. The third kappa shape index (κ3) is 5.47. The van der Waals surface area contributed by atoms with Crippen molar-refractivity contribution >= 4 is 34.8 Å². The molecule has 0 heterocycles. The normalized spacial score (nSPS) is 11.0. The number of amides is 2. The predicted molar refractivity (Wildman–Crippen MR) is 110 cm³/mol. The SMILES string of the molecule is COc1ccc(Cl)cc1NC(=O)CN(C(C)=O)c1ccc(C(C)(C)C)cc1. The lowest BCUT2D eigenvalue weighted by atomic mass is 9.87. The van der Waals surface area contributed by atoms with Crippen LogP contribution in [0.5, 0.6) is 5.75 Å². The van der Waals surface area contributed by atoms with Crippen molar-refractivity contribution in [3.63, 3.8) is 0 Å². The highest BCUT2D eigenvalue weighted by molar-refractivity contribution is 6.31. The number of halogens is 1. The molecule has 144 valence electrons. The van der Waals surface area contributed by atoms with Crippen LogP contribution in [-0.4, -0.2) is 25.5 Å². The second kappa shape index (κ2) is 8.44. The Morgan fingerprint density at radius 1 is 1.11 bits per heavy atom. The van der Waals surface area contributed by atoms with Crippen molar-refractivity contribution in [2.24, 2.45) is 0 Å². The summed E-state index contributed by atoms with van der Waals surface area (Å²) in [6.07, 6.45) is 0. The third-order valence-electron chi connectivity index (χ3n) is 4.16. The maximum atomic E-state index is 12.5. The number of carbonyl (C=O) groups excluding carboxylic acids is 2. The van der Waals surface area contributed by atoms with Gasteiger partial charge >= 0.3 is 0 Å². The number of benzene rings is 2. The molecule has 2 rings (SSSR count). The van der Waals surface area contributed by atoms with Gasteiger partial charge in [-0.25, -0.2) is 0 Å². The van der Waals surface area contributed by atoms with Gasteiger partial charge in [0.15, 0.2) is 0 Å². The Balaban J connectivity index is 2.18. The molecule has 0 aliphatic carbocycles. The lowest BCUT2D eigenvalue weighted by Crippen LogP contribution is -2.36. The van der Waals surface area contributed by atoms with Crippen LogP contribution >= 0.6 is 11.6 Å². The minimum atomic E-state index is -0.342. The lowest BCUT2D eigenvalue weighted by Gasteiger charge is -2.23. The molecule has 0 fully saturated rings. The first-order chi connectivity index (χ1) is 12.6. The lowest BCUT2D eigenvalue weighted by molar-refractivity contribution is -0.120. The molecule has 5 nitrogen and oxygen atoms in total. The summed E-state index contributed by atoms with van der Waals surface area (Å²) in [7, 11) is 1.51. The number of ether oxygens (including phenoxy) is 1. The van der Waals surface area contributed by atoms with Crippen LogP contribution in [0.4, 0.5) is 11.4 Å². The number of hydrogen-bond donors (Lipinski definition) is 1. The largest absolute Gasteiger partial charge is 0.495 e. The number of methoxy groups -OCH3 is 1. The van der Waals surface area contributed by atoms with Gasteiger partial charge in [0.05, 0.1) is 12.8 Å². The zero-order valence-corrected chi connectivity index (χ0v) is 17.1. The molecule has 0 unspecified atom stereocenters. The Bertz CT molecular complexity index is 826. The quantitative estimate of drug-likeness (QED) is 0.811. The van der Waals surface area contributed by atoms with E-state index in [2.05, 4.69) is 26.1 Å². The average Bonchev–Trinajstić information content (AvgIpc) is 2.59. The number of carbonyl (C=O) groups is 2. The van der Waals surface area contributed by atoms with Crippen molar-refractivity contribution in [2.75, 3.05) is 23.9 Å². The molecule has 0 aromatic heterocycles. The van der Waals surface area contributed by atoms with E-state index in [4.69, 9.17) is 16.3 Å². The van der Waals surface area contributed by atoms with E-state index in [-0.39, 0.29) is 23.8 Å². The standard InChI is InChI=1S/C21H25ClN2O3/c1-14(25)24(17-9-6-15(7-10-17)21(2,3)4)13-20(26)23-18-12-16(22)8-11-19(18)27-5/h6-12H,13H2,1-5H3,(H,23,26). The first-order valence-corrected chi connectivity index (χ1v) is 9.01. The van der Waals surface area contributed by atoms with Crippen LogP contribution in [0.1, 0.15) is 33.3 Å². The van der Waals surface area contributed by atoms with Crippen molar-refractivity contribution in [2.45, 2.75) is 33.1 Å². The fourth-order valence-electron chi connectivity index (χ4n) is 2.64. The zero-order valence-electron chi connectivity index (χ0n) is 16.3. The van der Waals surface area contributed by atoms with Crippen molar-refractivity contribution in [1.29, 1.82) is 0 Å². The van der Waals surface area contributed by atoms with E-state index in [1.54, 1.807) is 18.2 Å². The molecule has 0 aliphatic heterocycles. The molecule has 0 bridgehead atoms. The number of anilines is 2. The fourth-order valence-corrected chi connectivity index (χ4v) is 2.81. The topological polar surface area (TPSA) is 58.6 Å². The minimum absolute atomic E-state index is 0.0140. The van der Waals surface area contributed by atoms with Gasteiger partial charge in [-0.1, -0.05) is 44.5 Å². The maximum absolute atomic E-state index is 12.5. The van der Waals surface area contributed by atoms with Crippen molar-refractivity contribution in [3.05, 3.63) is 53.1 Å². The average molecular weight is 389 g/mol. The van der Waals surface area contributed by atoms with E-state index >= 15 is 0 Å². The smallest absolute Gasteiger partial charge is 0.244 e. The van der Waals surface area contributed by atoms with Gasteiger partial charge in [-0.05, 0) is 41.3 Å². The van der Waals surface area contributed by atoms with E-state index < -0.39 is 0 Å². The molecular weight excluding hydrogens is 364 g/mol. The first-order valence-electron chi connectivity index (χ1n) is 8.64. The monoisotopic (exact) mass is 388 g/mol. The van der Waals surface area contributed by atoms with E-state index in [0.717, 1.165) is 5.56 Å². The van der Waals surface area contributed by atoms with Crippen LogP contribution in [0.2, 0.25) is 5.02 Å². The minimum Gasteiger partial charge on any atom is -0.495 e. The molecule has 2 aromatic rings. The van der Waals surface area contributed by atoms with E-state index in [1.165, 1.54) is 18.9 Å². The Morgan fingerprint density at radius 3 is 2.26 bits per heavy atom. The van der Waals surface area contributed by atoms with E-state index in [0.29, 0.717) is 22.1 Å². The number of hydrogen-bond acceptors (Lipinski definition) is 3. The highest BCUT2D eigenvalue weighted by Gasteiger charge is 2.19. The summed E-state index contributed by atoms with van der Waals surface area (Å²) < 4.78 is 5.23. The predicted octanol–water partition coefficient (Wildman–Crippen LogP) is 4.64. The summed E-state index contributed by atoms with van der Waals surface area (Å²) in [5, 5.41) is 3.23. The molecule has 0 radical (unpaired) electrons. The van der Waals surface area contributed by atoms with Gasteiger partial charge in [-0.2, -0.15) is 0 Å². The highest BCUT2D eigenvalue weighted by Crippen LogP contribution is 2.28. The van der Waals surface area contributed by atoms with Crippen LogP contribution in [0, 0.1) is 0 Å². The second-order valence-corrected chi connectivity index (χ2v) is 7.73. The molecule has 0 atom stereocenters. The van der Waals surface area contributed by atoms with Crippen LogP contribution < -0.4 is 15.0 Å². The molecule has 6 heteroatoms. The molecule has 1 N–H and O–H groups in total. The number of nitrogens with zero attached hydrogens (tertiary/aromatic N) is 1. The number of nitrogens with one attached hydrogen (secondary N) is 1. The van der Waals surface area contributed by atoms with Gasteiger partial charge in [0.1, 0.15) is 12.3 Å².